The smallest absolute Gasteiger partial charge is 0.424 e. The number of aryl methyl sites for hydroxylation is 2. The molecule has 29 heavy (non-hydrogen) atoms. The maximum Gasteiger partial charge on any atom is 0.424 e. The molecule has 0 saturated heterocycles. The number of hydrogen-bond donors (Lipinski definition) is 3. The second kappa shape index (κ2) is 10.3. The third-order valence-electron chi connectivity index (χ3n) is 4.29. The summed E-state index contributed by atoms with van der Waals surface area (Å²) in [6.07, 6.45) is -2.97. The summed E-state index contributed by atoms with van der Waals surface area (Å²) in [5, 5.41) is 16.4. The van der Waals surface area contributed by atoms with Crippen LogP contribution in [0.3, 0.4) is 0 Å². The van der Waals surface area contributed by atoms with E-state index in [1.165, 1.54) is 19.4 Å². The minimum Gasteiger partial charge on any atom is -0.464 e. The van der Waals surface area contributed by atoms with Gasteiger partial charge in [-0.25, -0.2) is 4.98 Å². The molecule has 2 aromatic rings. The summed E-state index contributed by atoms with van der Waals surface area (Å²) in [5.41, 5.74) is -3.09. The molecule has 0 spiro atoms. The zero-order valence-electron chi connectivity index (χ0n) is 16.7. The Labute approximate surface area is 184 Å². The standard InChI is InChI=1S/C18H26F3N5O2.HI/c1-5-22-16(25-13(3)14-7-6-12(2)28-14)24-9-8-17(27,18(19,20)21)15-23-10-11-26(15)4;/h6-7,10-11,13,27H,5,8-9H2,1-4H3,(H2,22,24,25);1H. The van der Waals surface area contributed by atoms with E-state index in [4.69, 9.17) is 4.42 Å². The molecular formula is C18H27F3IN5O2. The zero-order valence-corrected chi connectivity index (χ0v) is 19.1. The summed E-state index contributed by atoms with van der Waals surface area (Å²) in [6, 6.07) is 3.41. The molecule has 2 rings (SSSR count). The van der Waals surface area contributed by atoms with E-state index < -0.39 is 24.0 Å². The topological polar surface area (TPSA) is 87.6 Å². The number of imidazole rings is 1. The Morgan fingerprint density at radius 2 is 2.07 bits per heavy atom. The van der Waals surface area contributed by atoms with Gasteiger partial charge in [-0.15, -0.1) is 24.0 Å². The van der Waals surface area contributed by atoms with Crippen LogP contribution in [0.2, 0.25) is 0 Å². The van der Waals surface area contributed by atoms with Crippen molar-refractivity contribution in [3.8, 4) is 0 Å². The molecule has 0 amide bonds. The highest BCUT2D eigenvalue weighted by Crippen LogP contribution is 2.40. The fraction of sp³-hybridized carbons (Fsp3) is 0.556. The first-order valence-electron chi connectivity index (χ1n) is 8.96. The largest absolute Gasteiger partial charge is 0.464 e. The quantitative estimate of drug-likeness (QED) is 0.291. The molecule has 0 saturated carbocycles. The average Bonchev–Trinajstić information content (AvgIpc) is 3.22. The maximum absolute atomic E-state index is 13.6. The van der Waals surface area contributed by atoms with Gasteiger partial charge in [0.2, 0.25) is 5.60 Å². The molecule has 0 aliphatic heterocycles. The van der Waals surface area contributed by atoms with Crippen molar-refractivity contribution in [2.45, 2.75) is 45.0 Å². The second-order valence-corrected chi connectivity index (χ2v) is 6.54. The molecule has 2 atom stereocenters. The van der Waals surface area contributed by atoms with Gasteiger partial charge >= 0.3 is 6.18 Å². The van der Waals surface area contributed by atoms with Crippen molar-refractivity contribution < 1.29 is 22.7 Å². The summed E-state index contributed by atoms with van der Waals surface area (Å²) >= 11 is 0. The van der Waals surface area contributed by atoms with Crippen LogP contribution in [0, 0.1) is 6.92 Å². The highest BCUT2D eigenvalue weighted by molar-refractivity contribution is 14.0. The summed E-state index contributed by atoms with van der Waals surface area (Å²) in [5.74, 6) is 1.31. The number of guanidine groups is 1. The van der Waals surface area contributed by atoms with E-state index in [1.54, 1.807) is 0 Å². The Morgan fingerprint density at radius 3 is 2.55 bits per heavy atom. The highest BCUT2D eigenvalue weighted by atomic mass is 127. The molecule has 2 aromatic heterocycles. The molecule has 164 valence electrons. The summed E-state index contributed by atoms with van der Waals surface area (Å²) in [4.78, 5) is 7.86. The SMILES string of the molecule is CCNC(=NCCC(O)(c1nccn1C)C(F)(F)F)NC(C)c1ccc(C)o1.I. The van der Waals surface area contributed by atoms with Crippen LogP contribution in [0.1, 0.15) is 43.7 Å². The molecule has 2 heterocycles. The summed E-state index contributed by atoms with van der Waals surface area (Å²) in [7, 11) is 1.40. The lowest BCUT2D eigenvalue weighted by molar-refractivity contribution is -0.272. The van der Waals surface area contributed by atoms with Crippen LogP contribution >= 0.6 is 24.0 Å². The van der Waals surface area contributed by atoms with Gasteiger partial charge < -0.3 is 24.7 Å². The lowest BCUT2D eigenvalue weighted by Gasteiger charge is -2.29. The number of halogens is 4. The van der Waals surface area contributed by atoms with Gasteiger partial charge in [0.1, 0.15) is 17.3 Å². The molecule has 0 bridgehead atoms. The predicted molar refractivity (Wildman–Crippen MR) is 114 cm³/mol. The Balaban J connectivity index is 0.00000420. The number of aliphatic imine (C=N–C) groups is 1. The van der Waals surface area contributed by atoms with Crippen molar-refractivity contribution in [2.75, 3.05) is 13.1 Å². The van der Waals surface area contributed by atoms with E-state index in [0.717, 1.165) is 10.3 Å². The third-order valence-corrected chi connectivity index (χ3v) is 4.29. The molecule has 0 aromatic carbocycles. The van der Waals surface area contributed by atoms with E-state index in [1.807, 2.05) is 32.9 Å². The van der Waals surface area contributed by atoms with Crippen LogP contribution in [0.5, 0.6) is 0 Å². The van der Waals surface area contributed by atoms with Crippen molar-refractivity contribution in [3.05, 3.63) is 41.9 Å². The number of aromatic nitrogens is 2. The van der Waals surface area contributed by atoms with Crippen molar-refractivity contribution in [2.24, 2.45) is 12.0 Å². The van der Waals surface area contributed by atoms with E-state index in [9.17, 15) is 18.3 Å². The van der Waals surface area contributed by atoms with Gasteiger partial charge in [0, 0.05) is 39.0 Å². The number of rotatable bonds is 7. The Kier molecular flexibility index (Phi) is 9.00. The van der Waals surface area contributed by atoms with Gasteiger partial charge in [0.05, 0.1) is 6.04 Å². The number of alkyl halides is 3. The molecule has 7 nitrogen and oxygen atoms in total. The van der Waals surface area contributed by atoms with Crippen molar-refractivity contribution >= 4 is 29.9 Å². The number of hydrogen-bond acceptors (Lipinski definition) is 4. The predicted octanol–water partition coefficient (Wildman–Crippen LogP) is 3.40. The molecule has 3 N–H and O–H groups in total. The van der Waals surface area contributed by atoms with Gasteiger partial charge in [-0.3, -0.25) is 4.99 Å². The van der Waals surface area contributed by atoms with Crippen LogP contribution in [-0.2, 0) is 12.6 Å². The third kappa shape index (κ3) is 6.11. The number of nitrogens with one attached hydrogen (secondary N) is 2. The van der Waals surface area contributed by atoms with Crippen molar-refractivity contribution in [3.63, 3.8) is 0 Å². The lowest BCUT2D eigenvalue weighted by atomic mass is 9.98. The number of aliphatic hydroxyl groups is 1. The summed E-state index contributed by atoms with van der Waals surface area (Å²) < 4.78 is 47.4. The molecule has 11 heteroatoms. The van der Waals surface area contributed by atoms with Crippen LogP contribution in [0.4, 0.5) is 13.2 Å². The minimum absolute atomic E-state index is 0. The van der Waals surface area contributed by atoms with Gasteiger partial charge in [-0.1, -0.05) is 0 Å². The van der Waals surface area contributed by atoms with Gasteiger partial charge in [-0.05, 0) is 32.9 Å². The maximum atomic E-state index is 13.6. The normalized spacial score (nSPS) is 15.4. The molecule has 2 unspecified atom stereocenters. The number of furan rings is 1. The first-order chi connectivity index (χ1) is 13.1. The molecule has 0 aliphatic rings. The van der Waals surface area contributed by atoms with E-state index in [0.29, 0.717) is 18.3 Å². The van der Waals surface area contributed by atoms with Crippen molar-refractivity contribution in [1.82, 2.24) is 20.2 Å². The van der Waals surface area contributed by atoms with Crippen LogP contribution < -0.4 is 10.6 Å². The lowest BCUT2D eigenvalue weighted by Crippen LogP contribution is -2.45. The Morgan fingerprint density at radius 1 is 1.38 bits per heavy atom. The molecule has 0 radical (unpaired) electrons. The average molecular weight is 529 g/mol. The molecule has 0 fully saturated rings. The van der Waals surface area contributed by atoms with E-state index >= 15 is 0 Å². The molecular weight excluding hydrogens is 502 g/mol. The van der Waals surface area contributed by atoms with Gasteiger partial charge in [-0.2, -0.15) is 13.2 Å². The van der Waals surface area contributed by atoms with Crippen molar-refractivity contribution in [1.29, 1.82) is 0 Å². The van der Waals surface area contributed by atoms with Crippen LogP contribution in [0.25, 0.3) is 0 Å². The fourth-order valence-corrected chi connectivity index (χ4v) is 2.76. The first kappa shape index (κ1) is 25.3. The first-order valence-corrected chi connectivity index (χ1v) is 8.96. The molecule has 0 aliphatic carbocycles. The summed E-state index contributed by atoms with van der Waals surface area (Å²) in [6.45, 7) is 5.79. The fourth-order valence-electron chi connectivity index (χ4n) is 2.76. The van der Waals surface area contributed by atoms with Gasteiger partial charge in [0.25, 0.3) is 0 Å². The second-order valence-electron chi connectivity index (χ2n) is 6.54. The van der Waals surface area contributed by atoms with E-state index in [2.05, 4.69) is 20.6 Å². The Bertz CT molecular complexity index is 806. The highest BCUT2D eigenvalue weighted by Gasteiger charge is 2.57. The van der Waals surface area contributed by atoms with E-state index in [-0.39, 0.29) is 36.6 Å². The van der Waals surface area contributed by atoms with Crippen LogP contribution in [0.15, 0.2) is 33.9 Å². The Hall–Kier alpha value is -1.76. The minimum atomic E-state index is -4.88. The zero-order chi connectivity index (χ0) is 20.9. The van der Waals surface area contributed by atoms with Crippen LogP contribution in [-0.4, -0.2) is 39.9 Å². The number of nitrogens with zero attached hydrogens (tertiary/aromatic N) is 3. The van der Waals surface area contributed by atoms with Gasteiger partial charge in [0.15, 0.2) is 5.96 Å². The monoisotopic (exact) mass is 529 g/mol.